The monoisotopic (exact) mass is 221 g/mol. The van der Waals surface area contributed by atoms with E-state index in [0.29, 0.717) is 18.8 Å². The number of carbonyl (C=O) groups excluding carboxylic acids is 1. The molecular weight excluding hydrogens is 206 g/mol. The van der Waals surface area contributed by atoms with Crippen LogP contribution in [-0.4, -0.2) is 34.9 Å². The third-order valence-corrected chi connectivity index (χ3v) is 2.83. The van der Waals surface area contributed by atoms with Gasteiger partial charge in [-0.05, 0) is 18.9 Å². The number of pyridine rings is 1. The number of piperidine rings is 1. The van der Waals surface area contributed by atoms with E-state index in [9.17, 15) is 9.59 Å². The van der Waals surface area contributed by atoms with Crippen molar-refractivity contribution in [1.29, 1.82) is 0 Å². The number of nitrogens with one attached hydrogen (secondary N) is 1. The maximum atomic E-state index is 12.0. The van der Waals surface area contributed by atoms with Crippen LogP contribution < -0.4 is 11.3 Å². The van der Waals surface area contributed by atoms with E-state index < -0.39 is 0 Å². The highest BCUT2D eigenvalue weighted by Gasteiger charge is 2.21. The Bertz CT molecular complexity index is 433. The number of hydrogen-bond donors (Lipinski definition) is 2. The molecule has 1 aromatic heterocycles. The molecular formula is C11H15N3O2. The SMILES string of the molecule is NC1CCN(C(=O)c2cccc(=O)[nH]2)CC1. The molecule has 0 aromatic carbocycles. The number of H-pyrrole nitrogens is 1. The van der Waals surface area contributed by atoms with Gasteiger partial charge in [-0.2, -0.15) is 0 Å². The zero-order valence-corrected chi connectivity index (χ0v) is 8.98. The van der Waals surface area contributed by atoms with Gasteiger partial charge in [-0.25, -0.2) is 0 Å². The summed E-state index contributed by atoms with van der Waals surface area (Å²) in [5.41, 5.74) is 5.86. The molecule has 0 aliphatic carbocycles. The Balaban J connectivity index is 2.10. The molecule has 2 heterocycles. The van der Waals surface area contributed by atoms with Gasteiger partial charge in [0, 0.05) is 25.2 Å². The zero-order chi connectivity index (χ0) is 11.5. The van der Waals surface area contributed by atoms with E-state index in [0.717, 1.165) is 12.8 Å². The van der Waals surface area contributed by atoms with E-state index in [1.54, 1.807) is 17.0 Å². The number of aromatic nitrogens is 1. The Kier molecular flexibility index (Phi) is 3.05. The standard InChI is InChI=1S/C11H15N3O2/c12-8-4-6-14(7-5-8)11(16)9-2-1-3-10(15)13-9/h1-3,8H,4-7,12H2,(H,13,15). The molecule has 1 fully saturated rings. The predicted octanol–water partition coefficient (Wildman–Crippen LogP) is -0.0618. The van der Waals surface area contributed by atoms with E-state index in [-0.39, 0.29) is 17.5 Å². The molecule has 0 radical (unpaired) electrons. The van der Waals surface area contributed by atoms with Crippen LogP contribution in [0.2, 0.25) is 0 Å². The summed E-state index contributed by atoms with van der Waals surface area (Å²) in [7, 11) is 0. The van der Waals surface area contributed by atoms with Crippen LogP contribution in [0.3, 0.4) is 0 Å². The third-order valence-electron chi connectivity index (χ3n) is 2.83. The first-order chi connectivity index (χ1) is 7.66. The molecule has 1 aromatic rings. The molecule has 0 saturated carbocycles. The highest BCUT2D eigenvalue weighted by Crippen LogP contribution is 2.10. The predicted molar refractivity (Wildman–Crippen MR) is 60.2 cm³/mol. The van der Waals surface area contributed by atoms with Crippen LogP contribution >= 0.6 is 0 Å². The molecule has 0 unspecified atom stereocenters. The van der Waals surface area contributed by atoms with Gasteiger partial charge in [0.25, 0.3) is 5.91 Å². The molecule has 1 aliphatic rings. The average Bonchev–Trinajstić information content (AvgIpc) is 2.29. The van der Waals surface area contributed by atoms with Gasteiger partial charge in [-0.15, -0.1) is 0 Å². The van der Waals surface area contributed by atoms with Crippen molar-refractivity contribution in [3.63, 3.8) is 0 Å². The van der Waals surface area contributed by atoms with Gasteiger partial charge in [0.2, 0.25) is 5.56 Å². The fraction of sp³-hybridized carbons (Fsp3) is 0.455. The van der Waals surface area contributed by atoms with E-state index in [4.69, 9.17) is 5.73 Å². The van der Waals surface area contributed by atoms with Crippen molar-refractivity contribution in [1.82, 2.24) is 9.88 Å². The summed E-state index contributed by atoms with van der Waals surface area (Å²) < 4.78 is 0. The number of likely N-dealkylation sites (tertiary alicyclic amines) is 1. The van der Waals surface area contributed by atoms with Crippen LogP contribution in [0.25, 0.3) is 0 Å². The normalized spacial score (nSPS) is 17.4. The molecule has 16 heavy (non-hydrogen) atoms. The largest absolute Gasteiger partial charge is 0.337 e. The first-order valence-electron chi connectivity index (χ1n) is 5.41. The molecule has 1 saturated heterocycles. The minimum absolute atomic E-state index is 0.121. The molecule has 0 bridgehead atoms. The molecule has 0 atom stereocenters. The minimum Gasteiger partial charge on any atom is -0.337 e. The fourth-order valence-corrected chi connectivity index (χ4v) is 1.85. The summed E-state index contributed by atoms with van der Waals surface area (Å²) in [5, 5.41) is 0. The highest BCUT2D eigenvalue weighted by molar-refractivity contribution is 5.92. The minimum atomic E-state index is -0.250. The van der Waals surface area contributed by atoms with Gasteiger partial charge in [-0.3, -0.25) is 9.59 Å². The number of carbonyl (C=O) groups is 1. The van der Waals surface area contributed by atoms with Crippen molar-refractivity contribution < 1.29 is 4.79 Å². The third kappa shape index (κ3) is 2.30. The smallest absolute Gasteiger partial charge is 0.270 e. The Hall–Kier alpha value is -1.62. The summed E-state index contributed by atoms with van der Waals surface area (Å²) in [6.45, 7) is 1.33. The lowest BCUT2D eigenvalue weighted by molar-refractivity contribution is 0.0708. The van der Waals surface area contributed by atoms with Crippen molar-refractivity contribution in [2.75, 3.05) is 13.1 Å². The number of hydrogen-bond acceptors (Lipinski definition) is 3. The molecule has 5 heteroatoms. The second kappa shape index (κ2) is 4.49. The van der Waals surface area contributed by atoms with E-state index >= 15 is 0 Å². The molecule has 0 spiro atoms. The van der Waals surface area contributed by atoms with Crippen molar-refractivity contribution >= 4 is 5.91 Å². The van der Waals surface area contributed by atoms with E-state index in [2.05, 4.69) is 4.98 Å². The maximum Gasteiger partial charge on any atom is 0.270 e. The van der Waals surface area contributed by atoms with Crippen molar-refractivity contribution in [3.8, 4) is 0 Å². The Morgan fingerprint density at radius 3 is 2.69 bits per heavy atom. The second-order valence-electron chi connectivity index (χ2n) is 4.06. The van der Waals surface area contributed by atoms with E-state index in [1.807, 2.05) is 0 Å². The second-order valence-corrected chi connectivity index (χ2v) is 4.06. The molecule has 1 aliphatic heterocycles. The average molecular weight is 221 g/mol. The molecule has 3 N–H and O–H groups in total. The zero-order valence-electron chi connectivity index (χ0n) is 8.98. The summed E-state index contributed by atoms with van der Waals surface area (Å²) in [6.07, 6.45) is 1.64. The molecule has 2 rings (SSSR count). The summed E-state index contributed by atoms with van der Waals surface area (Å²) in [6, 6.07) is 4.79. The van der Waals surface area contributed by atoms with Crippen molar-refractivity contribution in [2.45, 2.75) is 18.9 Å². The highest BCUT2D eigenvalue weighted by atomic mass is 16.2. The fourth-order valence-electron chi connectivity index (χ4n) is 1.85. The van der Waals surface area contributed by atoms with Gasteiger partial charge in [0.1, 0.15) is 5.69 Å². The van der Waals surface area contributed by atoms with Crippen molar-refractivity contribution in [2.24, 2.45) is 5.73 Å². The van der Waals surface area contributed by atoms with Crippen LogP contribution in [0.1, 0.15) is 23.3 Å². The lowest BCUT2D eigenvalue weighted by atomic mass is 10.1. The summed E-state index contributed by atoms with van der Waals surface area (Å²) >= 11 is 0. The Labute approximate surface area is 93.3 Å². The quantitative estimate of drug-likeness (QED) is 0.697. The number of aromatic amines is 1. The lowest BCUT2D eigenvalue weighted by Crippen LogP contribution is -2.43. The summed E-state index contributed by atoms with van der Waals surface area (Å²) in [4.78, 5) is 27.3. The number of amides is 1. The summed E-state index contributed by atoms with van der Waals surface area (Å²) in [5.74, 6) is -0.121. The number of rotatable bonds is 1. The van der Waals surface area contributed by atoms with Crippen LogP contribution in [0.4, 0.5) is 0 Å². The van der Waals surface area contributed by atoms with Crippen LogP contribution in [0.15, 0.2) is 23.0 Å². The van der Waals surface area contributed by atoms with Gasteiger partial charge in [0.15, 0.2) is 0 Å². The number of nitrogens with two attached hydrogens (primary N) is 1. The van der Waals surface area contributed by atoms with Gasteiger partial charge < -0.3 is 15.6 Å². The van der Waals surface area contributed by atoms with Crippen molar-refractivity contribution in [3.05, 3.63) is 34.2 Å². The van der Waals surface area contributed by atoms with Gasteiger partial charge in [-0.1, -0.05) is 6.07 Å². The van der Waals surface area contributed by atoms with Crippen LogP contribution in [0, 0.1) is 0 Å². The molecule has 1 amide bonds. The first-order valence-corrected chi connectivity index (χ1v) is 5.41. The first kappa shape index (κ1) is 10.9. The maximum absolute atomic E-state index is 12.0. The van der Waals surface area contributed by atoms with Crippen LogP contribution in [0.5, 0.6) is 0 Å². The topological polar surface area (TPSA) is 79.2 Å². The van der Waals surface area contributed by atoms with Gasteiger partial charge in [0.05, 0.1) is 0 Å². The lowest BCUT2D eigenvalue weighted by Gasteiger charge is -2.29. The van der Waals surface area contributed by atoms with Crippen LogP contribution in [-0.2, 0) is 0 Å². The number of nitrogens with zero attached hydrogens (tertiary/aromatic N) is 1. The Morgan fingerprint density at radius 1 is 1.38 bits per heavy atom. The molecule has 5 nitrogen and oxygen atoms in total. The Morgan fingerprint density at radius 2 is 2.06 bits per heavy atom. The van der Waals surface area contributed by atoms with E-state index in [1.165, 1.54) is 6.07 Å². The van der Waals surface area contributed by atoms with Gasteiger partial charge >= 0.3 is 0 Å². The molecule has 86 valence electrons.